The fourth-order valence-corrected chi connectivity index (χ4v) is 7.14. The van der Waals surface area contributed by atoms with Gasteiger partial charge in [0, 0.05) is 32.0 Å². The monoisotopic (exact) mass is 703 g/mol. The molecule has 1 aromatic heterocycles. The van der Waals surface area contributed by atoms with Gasteiger partial charge in [0.05, 0.1) is 10.1 Å². The van der Waals surface area contributed by atoms with Gasteiger partial charge in [0.2, 0.25) is 0 Å². The van der Waals surface area contributed by atoms with Crippen molar-refractivity contribution in [1.29, 1.82) is 0 Å². The number of hydrogen-bond acceptors (Lipinski definition) is 10. The Morgan fingerprint density at radius 2 is 1.94 bits per heavy atom. The third kappa shape index (κ3) is 11.0. The molecular weight excluding hydrogens is 658 g/mol. The number of hydrogen-bond donors (Lipinski definition) is 0. The first kappa shape index (κ1) is 38.8. The second-order valence-electron chi connectivity index (χ2n) is 12.2. The molecule has 0 N–H and O–H groups in total. The van der Waals surface area contributed by atoms with Crippen LogP contribution in [0.2, 0.25) is 0 Å². The molecule has 0 bridgehead atoms. The lowest BCUT2D eigenvalue weighted by molar-refractivity contribution is -0.832. The van der Waals surface area contributed by atoms with Crippen molar-refractivity contribution in [3.05, 3.63) is 72.5 Å². The number of unbranched alkanes of at least 4 members (excludes halogenated alkanes) is 1. The highest BCUT2D eigenvalue weighted by Gasteiger charge is 2.39. The predicted octanol–water partition coefficient (Wildman–Crippen LogP) is 5.14. The van der Waals surface area contributed by atoms with Crippen LogP contribution in [0.1, 0.15) is 45.4 Å². The van der Waals surface area contributed by atoms with Gasteiger partial charge in [-0.1, -0.05) is 67.3 Å². The van der Waals surface area contributed by atoms with Crippen LogP contribution in [-0.2, 0) is 24.1 Å². The topological polar surface area (TPSA) is 135 Å². The van der Waals surface area contributed by atoms with Gasteiger partial charge in [-0.3, -0.25) is 14.3 Å². The summed E-state index contributed by atoms with van der Waals surface area (Å²) in [5.74, 6) is 5.80. The van der Waals surface area contributed by atoms with Gasteiger partial charge in [0.15, 0.2) is 6.61 Å². The van der Waals surface area contributed by atoms with Crippen molar-refractivity contribution in [2.24, 2.45) is 17.3 Å². The minimum absolute atomic E-state index is 0.00721. The number of carbonyl (C=O) groups is 1. The van der Waals surface area contributed by atoms with E-state index in [2.05, 4.69) is 53.2 Å². The standard InChI is InChI=1S/C35H46ClN3O8S/c1-6-35(4)18-17-29(24-31(35)27(2)25-36)28(3)26-38(5)19-23-45-32(40)16-10-11-20-44-21-12-13-22-46-33-34(39(41)47-37-33)48(42,43)30-14-8-7-9-15-30/h6-9,14-15,29,31H,1-3,10-11,16-26H2,4-5H3/t29-,31+,35-/m1/s1. The van der Waals surface area contributed by atoms with Gasteiger partial charge in [-0.05, 0) is 73.4 Å². The number of nitrogens with zero attached hydrogens (tertiary/aromatic N) is 3. The Hall–Kier alpha value is -3.63. The quantitative estimate of drug-likeness (QED) is 0.0483. The first-order valence-corrected chi connectivity index (χ1v) is 17.9. The summed E-state index contributed by atoms with van der Waals surface area (Å²) in [6.07, 6.45) is 6.66. The molecule has 3 atom stereocenters. The second-order valence-corrected chi connectivity index (χ2v) is 14.3. The first-order chi connectivity index (χ1) is 22.9. The summed E-state index contributed by atoms with van der Waals surface area (Å²) >= 11 is 6.14. The van der Waals surface area contributed by atoms with Crippen LogP contribution >= 0.6 is 11.6 Å². The maximum atomic E-state index is 12.8. The van der Waals surface area contributed by atoms with Crippen LogP contribution in [0, 0.1) is 34.3 Å². The number of alkyl halides is 1. The second kappa shape index (κ2) is 18.8. The Bertz CT molecular complexity index is 1570. The minimum atomic E-state index is -4.20. The molecule has 2 aromatic rings. The van der Waals surface area contributed by atoms with Crippen LogP contribution in [0.5, 0.6) is 5.88 Å². The van der Waals surface area contributed by atoms with Gasteiger partial charge in [0.25, 0.3) is 9.84 Å². The highest BCUT2D eigenvalue weighted by Crippen LogP contribution is 2.49. The van der Waals surface area contributed by atoms with E-state index in [-0.39, 0.29) is 40.3 Å². The molecule has 0 unspecified atom stereocenters. The van der Waals surface area contributed by atoms with E-state index in [1.807, 2.05) is 13.1 Å². The van der Waals surface area contributed by atoms with E-state index in [9.17, 15) is 18.4 Å². The van der Waals surface area contributed by atoms with Gasteiger partial charge in [-0.15, -0.1) is 18.2 Å². The first-order valence-electron chi connectivity index (χ1n) is 15.9. The molecule has 13 heteroatoms. The van der Waals surface area contributed by atoms with Crippen LogP contribution in [0.4, 0.5) is 0 Å². The zero-order valence-corrected chi connectivity index (χ0v) is 29.4. The number of halogens is 1. The lowest BCUT2D eigenvalue weighted by atomic mass is 9.61. The smallest absolute Gasteiger partial charge is 0.415 e. The van der Waals surface area contributed by atoms with E-state index in [0.717, 1.165) is 31.4 Å². The average Bonchev–Trinajstić information content (AvgIpc) is 3.46. The third-order valence-electron chi connectivity index (χ3n) is 8.62. The number of likely N-dealkylation sites (N-methyl/N-ethyl adjacent to an activating group) is 1. The number of carbonyl (C=O) groups excluding carboxylic acids is 1. The lowest BCUT2D eigenvalue weighted by Crippen LogP contribution is -2.36. The Labute approximate surface area is 289 Å². The zero-order valence-electron chi connectivity index (χ0n) is 27.8. The number of sulfone groups is 1. The number of ether oxygens (including phenoxy) is 3. The molecule has 1 aliphatic rings. The molecular formula is C35H46ClN3O8S. The molecule has 48 heavy (non-hydrogen) atoms. The van der Waals surface area contributed by atoms with Crippen LogP contribution in [0.25, 0.3) is 0 Å². The maximum Gasteiger partial charge on any atom is 0.415 e. The number of esters is 1. The summed E-state index contributed by atoms with van der Waals surface area (Å²) in [5, 5.41) is 14.5. The zero-order chi connectivity index (χ0) is 35.2. The van der Waals surface area contributed by atoms with E-state index in [0.29, 0.717) is 50.8 Å². The third-order valence-corrected chi connectivity index (χ3v) is 10.7. The number of benzene rings is 1. The minimum Gasteiger partial charge on any atom is -0.464 e. The SMILES string of the molecule is C=C[C@]1(C)CC[C@@H](C(=C)CN(C)CCOC(=O)CCCCOCC#CCOc2no[n+]([O-])c2S(=O)(=O)c2ccccc2)C[C@H]1C(=C)CCl. The van der Waals surface area contributed by atoms with Crippen LogP contribution < -0.4 is 9.64 Å². The van der Waals surface area contributed by atoms with Crippen molar-refractivity contribution in [3.8, 4) is 17.7 Å². The van der Waals surface area contributed by atoms with E-state index in [1.165, 1.54) is 29.8 Å². The van der Waals surface area contributed by atoms with E-state index in [1.54, 1.807) is 6.07 Å². The molecule has 1 saturated carbocycles. The molecule has 0 amide bonds. The molecule has 0 aliphatic heterocycles. The van der Waals surface area contributed by atoms with Crippen molar-refractivity contribution < 1.29 is 37.0 Å². The van der Waals surface area contributed by atoms with Crippen LogP contribution in [0.15, 0.2) is 81.8 Å². The average molecular weight is 704 g/mol. The van der Waals surface area contributed by atoms with Gasteiger partial charge in [0.1, 0.15) is 13.2 Å². The van der Waals surface area contributed by atoms with E-state index in [4.69, 9.17) is 25.8 Å². The normalized spacial score (nSPS) is 19.2. The molecule has 0 saturated heterocycles. The largest absolute Gasteiger partial charge is 0.464 e. The summed E-state index contributed by atoms with van der Waals surface area (Å²) in [5.41, 5.74) is 2.24. The Balaban J connectivity index is 1.25. The molecule has 1 fully saturated rings. The van der Waals surface area contributed by atoms with Gasteiger partial charge >= 0.3 is 16.9 Å². The number of rotatable bonds is 19. The molecule has 3 rings (SSSR count). The highest BCUT2D eigenvalue weighted by atomic mass is 35.5. The van der Waals surface area contributed by atoms with E-state index >= 15 is 0 Å². The molecule has 1 aromatic carbocycles. The number of allylic oxidation sites excluding steroid dienone is 2. The summed E-state index contributed by atoms with van der Waals surface area (Å²) in [6, 6.07) is 7.40. The Morgan fingerprint density at radius 3 is 2.65 bits per heavy atom. The molecule has 0 radical (unpaired) electrons. The summed E-state index contributed by atoms with van der Waals surface area (Å²) < 4.78 is 46.1. The molecule has 1 heterocycles. The highest BCUT2D eigenvalue weighted by molar-refractivity contribution is 7.91. The van der Waals surface area contributed by atoms with Crippen LogP contribution in [-0.4, -0.2) is 76.9 Å². The molecule has 1 aliphatic carbocycles. The summed E-state index contributed by atoms with van der Waals surface area (Å²) in [6.45, 7) is 16.8. The molecule has 11 nitrogen and oxygen atoms in total. The lowest BCUT2D eigenvalue weighted by Gasteiger charge is -2.44. The van der Waals surface area contributed by atoms with Crippen molar-refractivity contribution in [2.45, 2.75) is 55.4 Å². The fraction of sp³-hybridized carbons (Fsp3) is 0.514. The van der Waals surface area contributed by atoms with Gasteiger partial charge < -0.3 is 19.4 Å². The van der Waals surface area contributed by atoms with Crippen molar-refractivity contribution >= 4 is 27.4 Å². The predicted molar refractivity (Wildman–Crippen MR) is 182 cm³/mol. The summed E-state index contributed by atoms with van der Waals surface area (Å²) in [7, 11) is -2.20. The maximum absolute atomic E-state index is 12.8. The van der Waals surface area contributed by atoms with Crippen molar-refractivity contribution in [2.75, 3.05) is 52.4 Å². The van der Waals surface area contributed by atoms with Crippen molar-refractivity contribution in [3.63, 3.8) is 0 Å². The van der Waals surface area contributed by atoms with Gasteiger partial charge in [-0.25, -0.2) is 8.42 Å². The van der Waals surface area contributed by atoms with Gasteiger partial charge in [-0.2, -0.15) is 0 Å². The summed E-state index contributed by atoms with van der Waals surface area (Å²) in [4.78, 5) is 14.0. The fourth-order valence-electron chi connectivity index (χ4n) is 5.66. The van der Waals surface area contributed by atoms with Crippen LogP contribution in [0.3, 0.4) is 0 Å². The Kier molecular flexibility index (Phi) is 15.2. The Morgan fingerprint density at radius 1 is 1.21 bits per heavy atom. The van der Waals surface area contributed by atoms with Crippen molar-refractivity contribution in [1.82, 2.24) is 10.1 Å². The van der Waals surface area contributed by atoms with E-state index < -0.39 is 20.7 Å². The molecule has 0 spiro atoms. The molecule has 262 valence electrons. The number of aromatic nitrogens is 2.